The Morgan fingerprint density at radius 2 is 1.81 bits per heavy atom. The van der Waals surface area contributed by atoms with E-state index in [0.717, 1.165) is 58.1 Å². The van der Waals surface area contributed by atoms with Crippen LogP contribution in [-0.2, 0) is 17.8 Å². The monoisotopic (exact) mass is 487 g/mol. The van der Waals surface area contributed by atoms with E-state index in [0.29, 0.717) is 19.7 Å². The van der Waals surface area contributed by atoms with Gasteiger partial charge in [-0.25, -0.2) is 4.98 Å². The average molecular weight is 488 g/mol. The molecule has 0 radical (unpaired) electrons. The molecule has 0 spiro atoms. The van der Waals surface area contributed by atoms with Gasteiger partial charge in [0.15, 0.2) is 6.61 Å². The van der Waals surface area contributed by atoms with Crippen molar-refractivity contribution in [2.24, 2.45) is 0 Å². The summed E-state index contributed by atoms with van der Waals surface area (Å²) in [5, 5.41) is 2.95. The van der Waals surface area contributed by atoms with E-state index in [1.807, 2.05) is 74.5 Å². The fraction of sp³-hybridized carbons (Fsp3) is 0.310. The van der Waals surface area contributed by atoms with E-state index in [9.17, 15) is 4.79 Å². The number of hydrogen-bond acceptors (Lipinski definition) is 5. The van der Waals surface area contributed by atoms with E-state index in [2.05, 4.69) is 16.0 Å². The molecule has 0 aliphatic heterocycles. The van der Waals surface area contributed by atoms with Gasteiger partial charge in [0.25, 0.3) is 5.91 Å². The maximum absolute atomic E-state index is 12.3. The van der Waals surface area contributed by atoms with E-state index in [-0.39, 0.29) is 12.5 Å². The lowest BCUT2D eigenvalue weighted by molar-refractivity contribution is -0.123. The van der Waals surface area contributed by atoms with E-state index in [1.165, 1.54) is 0 Å². The molecule has 0 saturated heterocycles. The van der Waals surface area contributed by atoms with Gasteiger partial charge in [-0.05, 0) is 61.7 Å². The smallest absolute Gasteiger partial charge is 0.257 e. The maximum Gasteiger partial charge on any atom is 0.257 e. The number of amides is 1. The summed E-state index contributed by atoms with van der Waals surface area (Å²) in [5.41, 5.74) is 4.16. The molecule has 7 nitrogen and oxygen atoms in total. The molecule has 1 aromatic heterocycles. The Morgan fingerprint density at radius 3 is 2.67 bits per heavy atom. The van der Waals surface area contributed by atoms with Crippen molar-refractivity contribution in [1.29, 1.82) is 0 Å². The molecule has 1 heterocycles. The summed E-state index contributed by atoms with van der Waals surface area (Å²) < 4.78 is 19.1. The minimum atomic E-state index is -0.129. The van der Waals surface area contributed by atoms with Gasteiger partial charge in [0.2, 0.25) is 0 Å². The van der Waals surface area contributed by atoms with Gasteiger partial charge in [-0.15, -0.1) is 0 Å². The molecule has 1 amide bonds. The zero-order valence-electron chi connectivity index (χ0n) is 21.1. The lowest BCUT2D eigenvalue weighted by Gasteiger charge is -2.12. The van der Waals surface area contributed by atoms with Crippen LogP contribution in [0, 0.1) is 13.8 Å². The van der Waals surface area contributed by atoms with Crippen LogP contribution in [0.25, 0.3) is 11.0 Å². The molecule has 4 rings (SSSR count). The second-order valence-corrected chi connectivity index (χ2v) is 8.71. The van der Waals surface area contributed by atoms with Crippen LogP contribution in [0.3, 0.4) is 0 Å². The highest BCUT2D eigenvalue weighted by Gasteiger charge is 2.11. The number of ether oxygens (including phenoxy) is 3. The highest BCUT2D eigenvalue weighted by atomic mass is 16.5. The number of fused-ring (bicyclic) bond motifs is 1. The maximum atomic E-state index is 12.3. The van der Waals surface area contributed by atoms with Crippen molar-refractivity contribution in [3.8, 4) is 17.2 Å². The Balaban J connectivity index is 1.29. The number of benzene rings is 3. The van der Waals surface area contributed by atoms with Crippen LogP contribution < -0.4 is 19.5 Å². The van der Waals surface area contributed by atoms with Crippen LogP contribution in [0.5, 0.6) is 17.2 Å². The normalized spacial score (nSPS) is 10.9. The Hall–Kier alpha value is -4.00. The molecule has 0 bridgehead atoms. The van der Waals surface area contributed by atoms with Gasteiger partial charge in [-0.3, -0.25) is 4.79 Å². The number of aryl methyl sites for hydroxylation is 3. The minimum Gasteiger partial charge on any atom is -0.497 e. The van der Waals surface area contributed by atoms with Gasteiger partial charge in [-0.2, -0.15) is 0 Å². The molecule has 1 N–H and O–H groups in total. The lowest BCUT2D eigenvalue weighted by atomic mass is 10.1. The highest BCUT2D eigenvalue weighted by Crippen LogP contribution is 2.21. The first kappa shape index (κ1) is 25.1. The Labute approximate surface area is 212 Å². The van der Waals surface area contributed by atoms with Crippen LogP contribution in [0.4, 0.5) is 0 Å². The molecule has 0 aliphatic carbocycles. The van der Waals surface area contributed by atoms with Crippen molar-refractivity contribution < 1.29 is 19.0 Å². The predicted octanol–water partition coefficient (Wildman–Crippen LogP) is 4.87. The lowest BCUT2D eigenvalue weighted by Crippen LogP contribution is -2.30. The van der Waals surface area contributed by atoms with Crippen molar-refractivity contribution in [3.63, 3.8) is 0 Å². The second-order valence-electron chi connectivity index (χ2n) is 8.71. The first-order valence-corrected chi connectivity index (χ1v) is 12.2. The number of imidazole rings is 1. The third-order valence-electron chi connectivity index (χ3n) is 5.96. The first-order chi connectivity index (χ1) is 17.5. The van der Waals surface area contributed by atoms with Gasteiger partial charge in [0, 0.05) is 19.0 Å². The second kappa shape index (κ2) is 12.1. The minimum absolute atomic E-state index is 0.00438. The van der Waals surface area contributed by atoms with Crippen LogP contribution in [-0.4, -0.2) is 42.3 Å². The number of para-hydroxylation sites is 2. The third-order valence-corrected chi connectivity index (χ3v) is 5.96. The number of rotatable bonds is 12. The van der Waals surface area contributed by atoms with Gasteiger partial charge in [-0.1, -0.05) is 30.3 Å². The molecular weight excluding hydrogens is 454 g/mol. The van der Waals surface area contributed by atoms with Crippen molar-refractivity contribution in [2.75, 3.05) is 26.9 Å². The highest BCUT2D eigenvalue weighted by molar-refractivity contribution is 5.77. The quantitative estimate of drug-likeness (QED) is 0.289. The zero-order valence-corrected chi connectivity index (χ0v) is 21.1. The number of nitrogens with zero attached hydrogens (tertiary/aromatic N) is 2. The van der Waals surface area contributed by atoms with Crippen LogP contribution in [0.2, 0.25) is 0 Å². The van der Waals surface area contributed by atoms with E-state index >= 15 is 0 Å². The van der Waals surface area contributed by atoms with Gasteiger partial charge < -0.3 is 24.1 Å². The fourth-order valence-corrected chi connectivity index (χ4v) is 4.04. The van der Waals surface area contributed by atoms with E-state index in [1.54, 1.807) is 7.11 Å². The topological polar surface area (TPSA) is 74.6 Å². The Kier molecular flexibility index (Phi) is 8.44. The summed E-state index contributed by atoms with van der Waals surface area (Å²) in [4.78, 5) is 17.1. The molecule has 7 heteroatoms. The summed E-state index contributed by atoms with van der Waals surface area (Å²) >= 11 is 0. The zero-order chi connectivity index (χ0) is 25.3. The standard InChI is InChI=1S/C29H33N3O4/c1-21-13-14-22(2)27(18-21)36-20-29(33)30-15-7-12-28-31-25-10-4-5-11-26(25)32(28)16-17-35-24-9-6-8-23(19-24)34-3/h4-6,8-11,13-14,18-19H,7,12,15-17,20H2,1-3H3,(H,30,33). The van der Waals surface area contributed by atoms with Crippen LogP contribution >= 0.6 is 0 Å². The molecule has 0 unspecified atom stereocenters. The van der Waals surface area contributed by atoms with Gasteiger partial charge in [0.05, 0.1) is 24.7 Å². The Bertz CT molecular complexity index is 1320. The van der Waals surface area contributed by atoms with Crippen LogP contribution in [0.1, 0.15) is 23.4 Å². The van der Waals surface area contributed by atoms with Crippen molar-refractivity contribution in [1.82, 2.24) is 14.9 Å². The number of nitrogens with one attached hydrogen (secondary N) is 1. The molecule has 4 aromatic rings. The molecule has 0 fully saturated rings. The SMILES string of the molecule is COc1cccc(OCCn2c(CCCNC(=O)COc3cc(C)ccc3C)nc3ccccc32)c1. The molecule has 0 saturated carbocycles. The number of hydrogen-bond donors (Lipinski definition) is 1. The predicted molar refractivity (Wildman–Crippen MR) is 141 cm³/mol. The number of carbonyl (C=O) groups excluding carboxylic acids is 1. The number of aromatic nitrogens is 2. The Morgan fingerprint density at radius 1 is 0.972 bits per heavy atom. The van der Waals surface area contributed by atoms with E-state index in [4.69, 9.17) is 19.2 Å². The van der Waals surface area contributed by atoms with Crippen molar-refractivity contribution in [2.45, 2.75) is 33.2 Å². The summed E-state index contributed by atoms with van der Waals surface area (Å²) in [5.74, 6) is 3.13. The summed E-state index contributed by atoms with van der Waals surface area (Å²) in [6.07, 6.45) is 1.52. The average Bonchev–Trinajstić information content (AvgIpc) is 3.24. The molecule has 0 atom stereocenters. The molecule has 36 heavy (non-hydrogen) atoms. The number of carbonyl (C=O) groups is 1. The summed E-state index contributed by atoms with van der Waals surface area (Å²) in [6.45, 7) is 5.71. The summed E-state index contributed by atoms with van der Waals surface area (Å²) in [7, 11) is 1.64. The third kappa shape index (κ3) is 6.56. The van der Waals surface area contributed by atoms with Crippen molar-refractivity contribution in [3.05, 3.63) is 83.7 Å². The van der Waals surface area contributed by atoms with Gasteiger partial charge in [0.1, 0.15) is 29.7 Å². The molecule has 0 aliphatic rings. The molecule has 3 aromatic carbocycles. The first-order valence-electron chi connectivity index (χ1n) is 12.2. The van der Waals surface area contributed by atoms with Crippen molar-refractivity contribution >= 4 is 16.9 Å². The van der Waals surface area contributed by atoms with Gasteiger partial charge >= 0.3 is 0 Å². The summed E-state index contributed by atoms with van der Waals surface area (Å²) in [6, 6.07) is 21.7. The van der Waals surface area contributed by atoms with E-state index < -0.39 is 0 Å². The largest absolute Gasteiger partial charge is 0.497 e. The molecular formula is C29H33N3O4. The van der Waals surface area contributed by atoms with Crippen LogP contribution in [0.15, 0.2) is 66.7 Å². The molecule has 188 valence electrons. The number of methoxy groups -OCH3 is 1. The fourth-order valence-electron chi connectivity index (χ4n) is 4.04.